The molecule has 220 valence electrons. The Bertz CT molecular complexity index is 1420. The highest BCUT2D eigenvalue weighted by Crippen LogP contribution is 2.24. The van der Waals surface area contributed by atoms with Gasteiger partial charge < -0.3 is 10.2 Å². The number of carbonyl (C=O) groups is 2. The van der Waals surface area contributed by atoms with Gasteiger partial charge in [-0.25, -0.2) is 8.70 Å². The van der Waals surface area contributed by atoms with Crippen LogP contribution < -0.4 is 9.62 Å². The van der Waals surface area contributed by atoms with E-state index in [9.17, 15) is 22.4 Å². The number of para-hydroxylation sites is 1. The zero-order valence-corrected chi connectivity index (χ0v) is 25.2. The molecule has 11 heteroatoms. The second-order valence-corrected chi connectivity index (χ2v) is 12.7. The van der Waals surface area contributed by atoms with Gasteiger partial charge in [0.05, 0.1) is 5.69 Å². The summed E-state index contributed by atoms with van der Waals surface area (Å²) in [6.45, 7) is 3.58. The maximum atomic E-state index is 14.9. The van der Waals surface area contributed by atoms with E-state index >= 15 is 0 Å². The average molecular weight is 603 g/mol. The van der Waals surface area contributed by atoms with Crippen molar-refractivity contribution in [3.05, 3.63) is 101 Å². The average Bonchev–Trinajstić information content (AvgIpc) is 2.94. The van der Waals surface area contributed by atoms with Gasteiger partial charge in [-0.05, 0) is 41.3 Å². The molecule has 1 N–H and O–H groups in total. The smallest absolute Gasteiger partial charge is 0.304 e. The first-order valence-electron chi connectivity index (χ1n) is 13.2. The Kier molecular flexibility index (Phi) is 11.3. The monoisotopic (exact) mass is 602 g/mol. The molecule has 3 rings (SSSR count). The quantitative estimate of drug-likeness (QED) is 0.312. The first-order valence-corrected chi connectivity index (χ1v) is 15.0. The molecule has 41 heavy (non-hydrogen) atoms. The number of rotatable bonds is 13. The van der Waals surface area contributed by atoms with Crippen molar-refractivity contribution in [2.24, 2.45) is 5.92 Å². The lowest BCUT2D eigenvalue weighted by molar-refractivity contribution is -0.140. The lowest BCUT2D eigenvalue weighted by Gasteiger charge is -2.34. The minimum Gasteiger partial charge on any atom is -0.354 e. The van der Waals surface area contributed by atoms with E-state index in [1.165, 1.54) is 37.2 Å². The highest BCUT2D eigenvalue weighted by atomic mass is 35.5. The molecule has 0 saturated heterocycles. The van der Waals surface area contributed by atoms with Crippen molar-refractivity contribution in [1.82, 2.24) is 14.5 Å². The second kappa shape index (κ2) is 14.4. The third-order valence-corrected chi connectivity index (χ3v) is 8.42. The molecule has 3 aromatic carbocycles. The van der Waals surface area contributed by atoms with Crippen molar-refractivity contribution >= 4 is 39.3 Å². The van der Waals surface area contributed by atoms with Crippen LogP contribution in [0.5, 0.6) is 0 Å². The molecule has 0 radical (unpaired) electrons. The molecule has 0 spiro atoms. The number of carbonyl (C=O) groups excluding carboxylic acids is 2. The van der Waals surface area contributed by atoms with E-state index in [4.69, 9.17) is 11.6 Å². The van der Waals surface area contributed by atoms with E-state index in [1.54, 1.807) is 24.3 Å². The van der Waals surface area contributed by atoms with Crippen LogP contribution in [0.2, 0.25) is 5.02 Å². The Morgan fingerprint density at radius 3 is 2.10 bits per heavy atom. The Balaban J connectivity index is 2.09. The topological polar surface area (TPSA) is 90.0 Å². The van der Waals surface area contributed by atoms with E-state index in [0.29, 0.717) is 17.1 Å². The minimum atomic E-state index is -4.29. The number of halogens is 2. The van der Waals surface area contributed by atoms with Crippen molar-refractivity contribution in [2.75, 3.05) is 31.5 Å². The van der Waals surface area contributed by atoms with Crippen molar-refractivity contribution < 1.29 is 22.4 Å². The number of amides is 2. The third kappa shape index (κ3) is 8.76. The Hall–Kier alpha value is -3.47. The number of nitrogens with one attached hydrogen (secondary N) is 1. The summed E-state index contributed by atoms with van der Waals surface area (Å²) in [7, 11) is -1.68. The summed E-state index contributed by atoms with van der Waals surface area (Å²) in [5.41, 5.74) is 1.23. The molecular formula is C30H36ClFN4O4S. The Labute approximate surface area is 246 Å². The van der Waals surface area contributed by atoms with Gasteiger partial charge in [0.1, 0.15) is 18.4 Å². The highest BCUT2D eigenvalue weighted by Gasteiger charge is 2.35. The van der Waals surface area contributed by atoms with E-state index in [2.05, 4.69) is 5.32 Å². The van der Waals surface area contributed by atoms with Crippen LogP contribution in [0.1, 0.15) is 25.0 Å². The first-order chi connectivity index (χ1) is 19.4. The van der Waals surface area contributed by atoms with Crippen LogP contribution in [0.3, 0.4) is 0 Å². The van der Waals surface area contributed by atoms with Gasteiger partial charge in [-0.15, -0.1) is 0 Å². The van der Waals surface area contributed by atoms with Crippen molar-refractivity contribution in [2.45, 2.75) is 32.9 Å². The fourth-order valence-corrected chi connectivity index (χ4v) is 5.31. The molecule has 0 aromatic heterocycles. The van der Waals surface area contributed by atoms with Crippen LogP contribution >= 0.6 is 11.6 Å². The number of hydrogen-bond acceptors (Lipinski definition) is 4. The number of hydrogen-bond donors (Lipinski definition) is 1. The molecule has 3 aromatic rings. The van der Waals surface area contributed by atoms with Crippen LogP contribution in [0, 0.1) is 11.7 Å². The fraction of sp³-hybridized carbons (Fsp3) is 0.333. The van der Waals surface area contributed by atoms with Gasteiger partial charge >= 0.3 is 10.2 Å². The molecule has 0 bridgehead atoms. The number of anilines is 1. The predicted octanol–water partition coefficient (Wildman–Crippen LogP) is 4.50. The van der Waals surface area contributed by atoms with Crippen molar-refractivity contribution in [3.63, 3.8) is 0 Å². The third-order valence-electron chi connectivity index (χ3n) is 6.36. The van der Waals surface area contributed by atoms with Gasteiger partial charge in [0.25, 0.3) is 0 Å². The Morgan fingerprint density at radius 1 is 0.902 bits per heavy atom. The van der Waals surface area contributed by atoms with Crippen LogP contribution in [0.15, 0.2) is 78.9 Å². The zero-order valence-electron chi connectivity index (χ0n) is 23.6. The normalized spacial score (nSPS) is 12.3. The molecule has 0 aliphatic rings. The summed E-state index contributed by atoms with van der Waals surface area (Å²) in [5.74, 6) is -1.68. The summed E-state index contributed by atoms with van der Waals surface area (Å²) < 4.78 is 43.2. The standard InChI is InChI=1S/C30H36ClFN4O4S/c1-22(2)19-33-30(38)28(18-23-10-6-5-7-11-23)35(20-24-14-16-25(31)17-15-24)29(37)21-36(41(39,40)34(3)4)27-13-9-8-12-26(27)32/h5-17,22,28H,18-21H2,1-4H3,(H,33,38)/t28-/m0/s1. The second-order valence-electron chi connectivity index (χ2n) is 10.2. The van der Waals surface area contributed by atoms with Gasteiger partial charge in [-0.3, -0.25) is 9.59 Å². The Morgan fingerprint density at radius 2 is 1.51 bits per heavy atom. The summed E-state index contributed by atoms with van der Waals surface area (Å²) in [6, 6.07) is 20.4. The van der Waals surface area contributed by atoms with E-state index in [-0.39, 0.29) is 30.5 Å². The molecule has 2 amide bonds. The van der Waals surface area contributed by atoms with Gasteiger partial charge in [-0.2, -0.15) is 12.7 Å². The van der Waals surface area contributed by atoms with Crippen LogP contribution in [-0.2, 0) is 32.8 Å². The first kappa shape index (κ1) is 32.0. The molecule has 0 saturated carbocycles. The van der Waals surface area contributed by atoms with Crippen LogP contribution in [0.25, 0.3) is 0 Å². The summed E-state index contributed by atoms with van der Waals surface area (Å²) >= 11 is 6.08. The molecule has 1 atom stereocenters. The molecular weight excluding hydrogens is 567 g/mol. The summed E-state index contributed by atoms with van der Waals surface area (Å²) in [6.07, 6.45) is 0.185. The van der Waals surface area contributed by atoms with Crippen molar-refractivity contribution in [1.29, 1.82) is 0 Å². The number of nitrogens with zero attached hydrogens (tertiary/aromatic N) is 3. The maximum Gasteiger partial charge on any atom is 0.304 e. The molecule has 0 aliphatic heterocycles. The maximum absolute atomic E-state index is 14.9. The zero-order chi connectivity index (χ0) is 30.2. The number of benzene rings is 3. The fourth-order valence-electron chi connectivity index (χ4n) is 4.12. The van der Waals surface area contributed by atoms with Gasteiger partial charge in [0, 0.05) is 38.6 Å². The summed E-state index contributed by atoms with van der Waals surface area (Å²) in [4.78, 5) is 29.1. The predicted molar refractivity (Wildman–Crippen MR) is 160 cm³/mol. The highest BCUT2D eigenvalue weighted by molar-refractivity contribution is 7.90. The van der Waals surface area contributed by atoms with Crippen molar-refractivity contribution in [3.8, 4) is 0 Å². The SMILES string of the molecule is CC(C)CNC(=O)[C@H](Cc1ccccc1)N(Cc1ccc(Cl)cc1)C(=O)CN(c1ccccc1F)S(=O)(=O)N(C)C. The van der Waals surface area contributed by atoms with E-state index in [0.717, 1.165) is 20.2 Å². The van der Waals surface area contributed by atoms with Crippen LogP contribution in [0.4, 0.5) is 10.1 Å². The molecule has 0 unspecified atom stereocenters. The summed E-state index contributed by atoms with van der Waals surface area (Å²) in [5, 5.41) is 3.43. The molecule has 0 fully saturated rings. The van der Waals surface area contributed by atoms with Gasteiger partial charge in [-0.1, -0.05) is 80.0 Å². The van der Waals surface area contributed by atoms with Gasteiger partial charge in [0.15, 0.2) is 0 Å². The lowest BCUT2D eigenvalue weighted by Crippen LogP contribution is -2.54. The lowest BCUT2D eigenvalue weighted by atomic mass is 10.0. The van der Waals surface area contributed by atoms with Gasteiger partial charge in [0.2, 0.25) is 11.8 Å². The van der Waals surface area contributed by atoms with E-state index in [1.807, 2.05) is 44.2 Å². The largest absolute Gasteiger partial charge is 0.354 e. The van der Waals surface area contributed by atoms with E-state index < -0.39 is 34.5 Å². The molecule has 8 nitrogen and oxygen atoms in total. The van der Waals surface area contributed by atoms with Crippen LogP contribution in [-0.4, -0.2) is 62.7 Å². The molecule has 0 aliphatic carbocycles. The minimum absolute atomic E-state index is 0.00424. The molecule has 0 heterocycles.